The number of pyridine rings is 1. The predicted octanol–water partition coefficient (Wildman–Crippen LogP) is 4.59. The van der Waals surface area contributed by atoms with Crippen molar-refractivity contribution in [2.24, 2.45) is 0 Å². The van der Waals surface area contributed by atoms with Gasteiger partial charge in [-0.3, -0.25) is 0 Å². The standard InChI is InChI=1S/C11H8Br2ClN3/c12-6-1-2-9(8(13)3-6)16-11-5-7(15)4-10(14)17-11/h1-5H,(H3,15,16,17). The van der Waals surface area contributed by atoms with Crippen LogP contribution in [0.5, 0.6) is 0 Å². The molecule has 0 atom stereocenters. The van der Waals surface area contributed by atoms with Gasteiger partial charge in [0.15, 0.2) is 0 Å². The Hall–Kier alpha value is -0.780. The van der Waals surface area contributed by atoms with Crippen LogP contribution >= 0.6 is 43.5 Å². The van der Waals surface area contributed by atoms with E-state index in [2.05, 4.69) is 42.2 Å². The second-order valence-electron chi connectivity index (χ2n) is 3.36. The molecule has 0 amide bonds. The van der Waals surface area contributed by atoms with Gasteiger partial charge in [-0.1, -0.05) is 27.5 Å². The summed E-state index contributed by atoms with van der Waals surface area (Å²) < 4.78 is 1.92. The lowest BCUT2D eigenvalue weighted by atomic mass is 10.3. The van der Waals surface area contributed by atoms with E-state index in [-0.39, 0.29) is 0 Å². The molecule has 17 heavy (non-hydrogen) atoms. The van der Waals surface area contributed by atoms with Gasteiger partial charge in [0.1, 0.15) is 11.0 Å². The van der Waals surface area contributed by atoms with Crippen LogP contribution in [0.25, 0.3) is 0 Å². The zero-order chi connectivity index (χ0) is 12.4. The minimum Gasteiger partial charge on any atom is -0.399 e. The van der Waals surface area contributed by atoms with E-state index < -0.39 is 0 Å². The maximum atomic E-state index is 5.83. The van der Waals surface area contributed by atoms with Crippen molar-refractivity contribution >= 4 is 60.7 Å². The van der Waals surface area contributed by atoms with E-state index >= 15 is 0 Å². The van der Waals surface area contributed by atoms with Gasteiger partial charge in [-0.25, -0.2) is 4.98 Å². The Bertz CT molecular complexity index is 540. The number of nitrogens with zero attached hydrogens (tertiary/aromatic N) is 1. The third-order valence-electron chi connectivity index (χ3n) is 2.01. The summed E-state index contributed by atoms with van der Waals surface area (Å²) in [6.07, 6.45) is 0. The zero-order valence-corrected chi connectivity index (χ0v) is 12.5. The Morgan fingerprint density at radius 2 is 1.94 bits per heavy atom. The lowest BCUT2D eigenvalue weighted by molar-refractivity contribution is 1.31. The maximum absolute atomic E-state index is 5.83. The number of halogens is 3. The van der Waals surface area contributed by atoms with Gasteiger partial charge in [0.2, 0.25) is 0 Å². The Morgan fingerprint density at radius 1 is 1.18 bits per heavy atom. The Kier molecular flexibility index (Phi) is 3.91. The lowest BCUT2D eigenvalue weighted by Crippen LogP contribution is -1.96. The van der Waals surface area contributed by atoms with Gasteiger partial charge >= 0.3 is 0 Å². The first-order valence-electron chi connectivity index (χ1n) is 4.70. The van der Waals surface area contributed by atoms with E-state index in [1.54, 1.807) is 12.1 Å². The van der Waals surface area contributed by atoms with Crippen LogP contribution in [0.1, 0.15) is 0 Å². The molecule has 1 aromatic carbocycles. The highest BCUT2D eigenvalue weighted by Crippen LogP contribution is 2.29. The van der Waals surface area contributed by atoms with Gasteiger partial charge in [-0.2, -0.15) is 0 Å². The van der Waals surface area contributed by atoms with Gasteiger partial charge in [-0.05, 0) is 40.2 Å². The zero-order valence-electron chi connectivity index (χ0n) is 8.55. The van der Waals surface area contributed by atoms with E-state index in [1.165, 1.54) is 0 Å². The normalized spacial score (nSPS) is 10.3. The number of hydrogen-bond acceptors (Lipinski definition) is 3. The summed E-state index contributed by atoms with van der Waals surface area (Å²) in [7, 11) is 0. The number of rotatable bonds is 2. The molecule has 6 heteroatoms. The molecule has 1 heterocycles. The van der Waals surface area contributed by atoms with E-state index in [9.17, 15) is 0 Å². The van der Waals surface area contributed by atoms with Crippen LogP contribution in [0.15, 0.2) is 39.3 Å². The largest absolute Gasteiger partial charge is 0.399 e. The monoisotopic (exact) mass is 375 g/mol. The summed E-state index contributed by atoms with van der Waals surface area (Å²) in [5.41, 5.74) is 7.15. The fourth-order valence-corrected chi connectivity index (χ4v) is 2.67. The van der Waals surface area contributed by atoms with Crippen LogP contribution in [0.4, 0.5) is 17.2 Å². The lowest BCUT2D eigenvalue weighted by Gasteiger charge is -2.09. The number of nitrogen functional groups attached to an aromatic ring is 1. The molecule has 0 aliphatic heterocycles. The molecule has 3 N–H and O–H groups in total. The van der Waals surface area contributed by atoms with Crippen molar-refractivity contribution < 1.29 is 0 Å². The Labute approximate surface area is 121 Å². The third kappa shape index (κ3) is 3.34. The summed E-state index contributed by atoms with van der Waals surface area (Å²) in [6.45, 7) is 0. The molecule has 2 rings (SSSR count). The number of benzene rings is 1. The third-order valence-corrected chi connectivity index (χ3v) is 3.35. The molecule has 0 saturated heterocycles. The molecule has 1 aromatic heterocycles. The summed E-state index contributed by atoms with van der Waals surface area (Å²) in [6, 6.07) is 9.12. The van der Waals surface area contributed by atoms with Crippen molar-refractivity contribution in [2.75, 3.05) is 11.1 Å². The average molecular weight is 377 g/mol. The van der Waals surface area contributed by atoms with Crippen molar-refractivity contribution in [3.05, 3.63) is 44.4 Å². The fraction of sp³-hybridized carbons (Fsp3) is 0. The number of nitrogens with one attached hydrogen (secondary N) is 1. The van der Waals surface area contributed by atoms with Crippen LogP contribution in [0, 0.1) is 0 Å². The second kappa shape index (κ2) is 5.25. The van der Waals surface area contributed by atoms with Crippen molar-refractivity contribution in [3.63, 3.8) is 0 Å². The molecule has 0 bridgehead atoms. The summed E-state index contributed by atoms with van der Waals surface area (Å²) >= 11 is 12.7. The van der Waals surface area contributed by atoms with Gasteiger partial charge < -0.3 is 11.1 Å². The first kappa shape index (κ1) is 12.7. The van der Waals surface area contributed by atoms with Gasteiger partial charge in [0.05, 0.1) is 5.69 Å². The summed E-state index contributed by atoms with van der Waals surface area (Å²) in [4.78, 5) is 4.13. The van der Waals surface area contributed by atoms with Crippen molar-refractivity contribution in [2.45, 2.75) is 0 Å². The smallest absolute Gasteiger partial charge is 0.134 e. The maximum Gasteiger partial charge on any atom is 0.134 e. The van der Waals surface area contributed by atoms with Gasteiger partial charge in [0, 0.05) is 20.7 Å². The quantitative estimate of drug-likeness (QED) is 0.753. The molecule has 0 aliphatic carbocycles. The molecule has 0 unspecified atom stereocenters. The SMILES string of the molecule is Nc1cc(Cl)nc(Nc2ccc(Br)cc2Br)c1. The molecule has 0 spiro atoms. The number of hydrogen-bond donors (Lipinski definition) is 2. The number of aromatic nitrogens is 1. The molecule has 2 aromatic rings. The number of nitrogens with two attached hydrogens (primary N) is 1. The molecule has 0 saturated carbocycles. The highest BCUT2D eigenvalue weighted by molar-refractivity contribution is 9.11. The fourth-order valence-electron chi connectivity index (χ4n) is 1.31. The van der Waals surface area contributed by atoms with Crippen LogP contribution in [-0.2, 0) is 0 Å². The van der Waals surface area contributed by atoms with Crippen LogP contribution in [0.3, 0.4) is 0 Å². The van der Waals surface area contributed by atoms with E-state index in [0.717, 1.165) is 14.6 Å². The van der Waals surface area contributed by atoms with Crippen LogP contribution < -0.4 is 11.1 Å². The van der Waals surface area contributed by atoms with Crippen molar-refractivity contribution in [1.82, 2.24) is 4.98 Å². The molecule has 3 nitrogen and oxygen atoms in total. The highest BCUT2D eigenvalue weighted by atomic mass is 79.9. The number of anilines is 3. The first-order chi connectivity index (χ1) is 8.04. The van der Waals surface area contributed by atoms with Crippen LogP contribution in [-0.4, -0.2) is 4.98 Å². The van der Waals surface area contributed by atoms with Crippen molar-refractivity contribution in [1.29, 1.82) is 0 Å². The Balaban J connectivity index is 2.31. The second-order valence-corrected chi connectivity index (χ2v) is 5.51. The van der Waals surface area contributed by atoms with Crippen LogP contribution in [0.2, 0.25) is 5.15 Å². The molecular formula is C11H8Br2ClN3. The van der Waals surface area contributed by atoms with E-state index in [1.807, 2.05) is 18.2 Å². The summed E-state index contributed by atoms with van der Waals surface area (Å²) in [5.74, 6) is 0.609. The highest BCUT2D eigenvalue weighted by Gasteiger charge is 2.03. The average Bonchev–Trinajstić information content (AvgIpc) is 2.21. The minimum absolute atomic E-state index is 0.362. The molecule has 0 radical (unpaired) electrons. The van der Waals surface area contributed by atoms with Crippen molar-refractivity contribution in [3.8, 4) is 0 Å². The van der Waals surface area contributed by atoms with E-state index in [0.29, 0.717) is 16.7 Å². The Morgan fingerprint density at radius 3 is 2.59 bits per heavy atom. The van der Waals surface area contributed by atoms with E-state index in [4.69, 9.17) is 17.3 Å². The van der Waals surface area contributed by atoms with Gasteiger partial charge in [-0.15, -0.1) is 0 Å². The van der Waals surface area contributed by atoms with Gasteiger partial charge in [0.25, 0.3) is 0 Å². The topological polar surface area (TPSA) is 50.9 Å². The molecule has 0 fully saturated rings. The first-order valence-corrected chi connectivity index (χ1v) is 6.66. The molecule has 0 aliphatic rings. The minimum atomic E-state index is 0.362. The summed E-state index contributed by atoms with van der Waals surface area (Å²) in [5, 5.41) is 3.50. The molecular weight excluding hydrogens is 369 g/mol. The predicted molar refractivity (Wildman–Crippen MR) is 78.8 cm³/mol. The molecule has 88 valence electrons.